The number of amides is 1. The summed E-state index contributed by atoms with van der Waals surface area (Å²) in [5.41, 5.74) is 1.70. The molecule has 2 aromatic heterocycles. The molecule has 0 spiro atoms. The van der Waals surface area contributed by atoms with Crippen LogP contribution in [0.3, 0.4) is 0 Å². The molecule has 4 rings (SSSR count). The zero-order valence-electron chi connectivity index (χ0n) is 14.9. The molecule has 0 aliphatic carbocycles. The van der Waals surface area contributed by atoms with Crippen LogP contribution in [0.1, 0.15) is 17.3 Å². The maximum atomic E-state index is 13.2. The highest BCUT2D eigenvalue weighted by molar-refractivity contribution is 6.06. The van der Waals surface area contributed by atoms with Crippen LogP contribution in [0.25, 0.3) is 27.5 Å². The van der Waals surface area contributed by atoms with Gasteiger partial charge in [-0.05, 0) is 49.4 Å². The van der Waals surface area contributed by atoms with Gasteiger partial charge in [0.15, 0.2) is 0 Å². The number of aliphatic hydroxyl groups is 1. The number of fused-ring (bicyclic) bond motifs is 3. The van der Waals surface area contributed by atoms with Crippen molar-refractivity contribution in [1.82, 2.24) is 20.1 Å². The van der Waals surface area contributed by atoms with Gasteiger partial charge in [0.2, 0.25) is 0 Å². The van der Waals surface area contributed by atoms with Crippen molar-refractivity contribution >= 4 is 27.7 Å². The summed E-state index contributed by atoms with van der Waals surface area (Å²) >= 11 is 0. The maximum Gasteiger partial charge on any atom is 0.280 e. The molecule has 1 atom stereocenters. The lowest BCUT2D eigenvalue weighted by Gasteiger charge is -2.08. The minimum absolute atomic E-state index is 0.136. The topological polar surface area (TPSA) is 100 Å². The molecule has 142 valence electrons. The van der Waals surface area contributed by atoms with Crippen molar-refractivity contribution in [3.63, 3.8) is 0 Å². The van der Waals surface area contributed by atoms with Gasteiger partial charge < -0.3 is 10.4 Å². The van der Waals surface area contributed by atoms with Crippen molar-refractivity contribution in [1.29, 1.82) is 0 Å². The largest absolute Gasteiger partial charge is 0.392 e. The number of rotatable bonds is 4. The number of benzene rings is 2. The lowest BCUT2D eigenvalue weighted by atomic mass is 10.1. The van der Waals surface area contributed by atoms with E-state index in [2.05, 4.69) is 15.4 Å². The van der Waals surface area contributed by atoms with Crippen molar-refractivity contribution in [3.05, 3.63) is 70.4 Å². The number of hydrogen-bond acceptors (Lipinski definition) is 4. The second-order valence-electron chi connectivity index (χ2n) is 6.57. The van der Waals surface area contributed by atoms with Gasteiger partial charge in [-0.3, -0.25) is 19.7 Å². The van der Waals surface area contributed by atoms with E-state index in [-0.39, 0.29) is 18.0 Å². The monoisotopic (exact) mass is 380 g/mol. The van der Waals surface area contributed by atoms with Crippen molar-refractivity contribution in [3.8, 4) is 5.69 Å². The fraction of sp³-hybridized carbons (Fsp3) is 0.150. The summed E-state index contributed by atoms with van der Waals surface area (Å²) in [6.07, 6.45) is 0.822. The molecular weight excluding hydrogens is 363 g/mol. The molecule has 28 heavy (non-hydrogen) atoms. The van der Waals surface area contributed by atoms with Crippen molar-refractivity contribution in [2.75, 3.05) is 6.54 Å². The standard InChI is InChI=1S/C20H17FN4O3/c1-11(26)9-23-19(27)12-2-7-17-15(8-12)18-16(10-22-17)20(28)25(24-18)14-5-3-13(21)4-6-14/h2-8,10-11,24,26H,9H2,1H3,(H,23,27)/t11-/m1/s1. The van der Waals surface area contributed by atoms with Crippen LogP contribution in [0.2, 0.25) is 0 Å². The first-order chi connectivity index (χ1) is 13.4. The SMILES string of the molecule is C[C@@H](O)CNC(=O)c1ccc2ncc3c(=O)n(-c4ccc(F)cc4)[nH]c3c2c1. The smallest absolute Gasteiger partial charge is 0.280 e. The fourth-order valence-electron chi connectivity index (χ4n) is 3.01. The van der Waals surface area contributed by atoms with Crippen LogP contribution in [-0.4, -0.2) is 38.4 Å². The van der Waals surface area contributed by atoms with Gasteiger partial charge in [-0.15, -0.1) is 0 Å². The Labute approximate surface area is 158 Å². The molecule has 2 aromatic carbocycles. The predicted molar refractivity (Wildman–Crippen MR) is 103 cm³/mol. The number of aromatic nitrogens is 3. The first kappa shape index (κ1) is 17.9. The number of aromatic amines is 1. The van der Waals surface area contributed by atoms with Gasteiger partial charge in [0.05, 0.1) is 28.2 Å². The number of carbonyl (C=O) groups excluding carboxylic acids is 1. The quantitative estimate of drug-likeness (QED) is 0.505. The molecule has 2 heterocycles. The molecular formula is C20H17FN4O3. The predicted octanol–water partition coefficient (Wildman–Crippen LogP) is 2.12. The lowest BCUT2D eigenvalue weighted by molar-refractivity contribution is 0.0924. The Bertz CT molecular complexity index is 1240. The zero-order chi connectivity index (χ0) is 19.8. The number of halogens is 1. The number of pyridine rings is 1. The summed E-state index contributed by atoms with van der Waals surface area (Å²) in [4.78, 5) is 29.3. The normalized spacial score (nSPS) is 12.4. The molecule has 0 radical (unpaired) electrons. The Kier molecular flexibility index (Phi) is 4.40. The van der Waals surface area contributed by atoms with Crippen LogP contribution in [0, 0.1) is 5.82 Å². The van der Waals surface area contributed by atoms with E-state index in [4.69, 9.17) is 0 Å². The van der Waals surface area contributed by atoms with E-state index < -0.39 is 11.9 Å². The first-order valence-corrected chi connectivity index (χ1v) is 8.70. The van der Waals surface area contributed by atoms with E-state index in [0.717, 1.165) is 0 Å². The van der Waals surface area contributed by atoms with Crippen molar-refractivity contribution < 1.29 is 14.3 Å². The molecule has 0 saturated heterocycles. The third-order valence-corrected chi connectivity index (χ3v) is 4.43. The van der Waals surface area contributed by atoms with E-state index in [9.17, 15) is 19.1 Å². The maximum absolute atomic E-state index is 13.2. The molecule has 3 N–H and O–H groups in total. The number of nitrogens with zero attached hydrogens (tertiary/aromatic N) is 2. The average Bonchev–Trinajstić information content (AvgIpc) is 3.03. The molecule has 0 aliphatic heterocycles. The summed E-state index contributed by atoms with van der Waals surface area (Å²) in [5, 5.41) is 16.0. The fourth-order valence-corrected chi connectivity index (χ4v) is 3.01. The highest BCUT2D eigenvalue weighted by Gasteiger charge is 2.14. The minimum Gasteiger partial charge on any atom is -0.392 e. The number of aliphatic hydroxyl groups excluding tert-OH is 1. The van der Waals surface area contributed by atoms with E-state index in [0.29, 0.717) is 33.1 Å². The third kappa shape index (κ3) is 3.14. The molecule has 8 heteroatoms. The molecule has 0 bridgehead atoms. The van der Waals surface area contributed by atoms with Gasteiger partial charge >= 0.3 is 0 Å². The Hall–Kier alpha value is -3.52. The van der Waals surface area contributed by atoms with Gasteiger partial charge in [0.25, 0.3) is 11.5 Å². The van der Waals surface area contributed by atoms with Gasteiger partial charge in [-0.2, -0.15) is 0 Å². The van der Waals surface area contributed by atoms with E-state index >= 15 is 0 Å². The van der Waals surface area contributed by atoms with Crippen LogP contribution in [0.15, 0.2) is 53.5 Å². The Morgan fingerprint density at radius 1 is 1.25 bits per heavy atom. The van der Waals surface area contributed by atoms with Crippen molar-refractivity contribution in [2.24, 2.45) is 0 Å². The van der Waals surface area contributed by atoms with Gasteiger partial charge in [0, 0.05) is 23.7 Å². The summed E-state index contributed by atoms with van der Waals surface area (Å²) in [6, 6.07) is 10.5. The molecule has 0 unspecified atom stereocenters. The molecule has 4 aromatic rings. The second kappa shape index (κ2) is 6.90. The van der Waals surface area contributed by atoms with Crippen LogP contribution in [0.4, 0.5) is 4.39 Å². The zero-order valence-corrected chi connectivity index (χ0v) is 14.9. The third-order valence-electron chi connectivity index (χ3n) is 4.43. The van der Waals surface area contributed by atoms with E-state index in [1.165, 1.54) is 35.1 Å². The molecule has 7 nitrogen and oxygen atoms in total. The van der Waals surface area contributed by atoms with E-state index in [1.54, 1.807) is 25.1 Å². The molecule has 0 aliphatic rings. The number of carbonyl (C=O) groups is 1. The van der Waals surface area contributed by atoms with Crippen LogP contribution in [-0.2, 0) is 0 Å². The number of hydrogen-bond donors (Lipinski definition) is 3. The van der Waals surface area contributed by atoms with Gasteiger partial charge in [0.1, 0.15) is 5.82 Å². The minimum atomic E-state index is -0.654. The summed E-state index contributed by atoms with van der Waals surface area (Å²) < 4.78 is 14.5. The first-order valence-electron chi connectivity index (χ1n) is 8.70. The average molecular weight is 380 g/mol. The van der Waals surface area contributed by atoms with Crippen molar-refractivity contribution in [2.45, 2.75) is 13.0 Å². The second-order valence-corrected chi connectivity index (χ2v) is 6.57. The van der Waals surface area contributed by atoms with Crippen LogP contribution >= 0.6 is 0 Å². The highest BCUT2D eigenvalue weighted by atomic mass is 19.1. The highest BCUT2D eigenvalue weighted by Crippen LogP contribution is 2.22. The van der Waals surface area contributed by atoms with Crippen LogP contribution in [0.5, 0.6) is 0 Å². The Morgan fingerprint density at radius 3 is 2.71 bits per heavy atom. The summed E-state index contributed by atoms with van der Waals surface area (Å²) in [6.45, 7) is 1.72. The number of nitrogens with one attached hydrogen (secondary N) is 2. The van der Waals surface area contributed by atoms with Gasteiger partial charge in [-0.25, -0.2) is 9.07 Å². The number of H-pyrrole nitrogens is 1. The molecule has 0 fully saturated rings. The lowest BCUT2D eigenvalue weighted by Crippen LogP contribution is -2.30. The Morgan fingerprint density at radius 2 is 2.00 bits per heavy atom. The van der Waals surface area contributed by atoms with Crippen LogP contribution < -0.4 is 10.9 Å². The Balaban J connectivity index is 1.85. The molecule has 0 saturated carbocycles. The summed E-state index contributed by atoms with van der Waals surface area (Å²) in [5.74, 6) is -0.729. The van der Waals surface area contributed by atoms with Gasteiger partial charge in [-0.1, -0.05) is 0 Å². The summed E-state index contributed by atoms with van der Waals surface area (Å²) in [7, 11) is 0. The van der Waals surface area contributed by atoms with E-state index in [1.807, 2.05) is 0 Å². The molecule has 1 amide bonds.